The zero-order valence-corrected chi connectivity index (χ0v) is 11.1. The third-order valence-electron chi connectivity index (χ3n) is 6.18. The van der Waals surface area contributed by atoms with Gasteiger partial charge in [0.05, 0.1) is 23.7 Å². The standard InChI is InChI=1S/C15H12O6/c1-3-2-4-6-8(11-10(6)14(18)21-15(11)19)5(3)9-7(4)12(16)20-13(9)17/h2,4-11H,1H3/t4-,5-,6-,7+,8+,9-,10+,11+/m1/s1. The van der Waals surface area contributed by atoms with E-state index < -0.39 is 47.5 Å². The summed E-state index contributed by atoms with van der Waals surface area (Å²) in [4.78, 5) is 47.7. The van der Waals surface area contributed by atoms with Gasteiger partial charge in [0, 0.05) is 0 Å². The number of fused-ring (bicyclic) bond motifs is 1. The molecule has 4 fully saturated rings. The third-order valence-corrected chi connectivity index (χ3v) is 6.18. The summed E-state index contributed by atoms with van der Waals surface area (Å²) in [7, 11) is 0. The van der Waals surface area contributed by atoms with E-state index >= 15 is 0 Å². The third kappa shape index (κ3) is 1.06. The van der Waals surface area contributed by atoms with Crippen molar-refractivity contribution in [1.29, 1.82) is 0 Å². The summed E-state index contributed by atoms with van der Waals surface area (Å²) in [5.74, 6) is -4.27. The molecule has 0 N–H and O–H groups in total. The highest BCUT2D eigenvalue weighted by Gasteiger charge is 2.75. The van der Waals surface area contributed by atoms with Crippen LogP contribution in [0.25, 0.3) is 0 Å². The second-order valence-corrected chi connectivity index (χ2v) is 6.75. The summed E-state index contributed by atoms with van der Waals surface area (Å²) in [5, 5.41) is 0. The summed E-state index contributed by atoms with van der Waals surface area (Å²) in [6.07, 6.45) is 2.00. The molecule has 0 amide bonds. The first kappa shape index (κ1) is 11.7. The number of carbonyl (C=O) groups is 4. The van der Waals surface area contributed by atoms with E-state index in [4.69, 9.17) is 9.47 Å². The van der Waals surface area contributed by atoms with E-state index in [9.17, 15) is 19.2 Å². The van der Waals surface area contributed by atoms with Gasteiger partial charge in [0.1, 0.15) is 0 Å². The van der Waals surface area contributed by atoms with Gasteiger partial charge in [-0.15, -0.1) is 0 Å². The predicted octanol–water partition coefficient (Wildman–Crippen LogP) is 0.0699. The molecular formula is C15H12O6. The van der Waals surface area contributed by atoms with Gasteiger partial charge in [-0.1, -0.05) is 11.6 Å². The Bertz CT molecular complexity index is 676. The average Bonchev–Trinajstić information content (AvgIpc) is 2.79. The molecule has 6 aliphatic rings. The molecule has 0 aromatic carbocycles. The van der Waals surface area contributed by atoms with Gasteiger partial charge in [-0.25, -0.2) is 0 Å². The highest BCUT2D eigenvalue weighted by atomic mass is 16.6. The van der Waals surface area contributed by atoms with Crippen LogP contribution < -0.4 is 0 Å². The van der Waals surface area contributed by atoms with E-state index in [0.29, 0.717) is 0 Å². The zero-order chi connectivity index (χ0) is 14.6. The first-order chi connectivity index (χ1) is 10.0. The molecule has 2 saturated carbocycles. The lowest BCUT2D eigenvalue weighted by atomic mass is 9.39. The smallest absolute Gasteiger partial charge is 0.318 e. The molecule has 21 heavy (non-hydrogen) atoms. The second kappa shape index (κ2) is 3.26. The topological polar surface area (TPSA) is 86.7 Å². The Morgan fingerprint density at radius 1 is 0.714 bits per heavy atom. The van der Waals surface area contributed by atoms with Crippen molar-refractivity contribution in [2.45, 2.75) is 6.92 Å². The van der Waals surface area contributed by atoms with Gasteiger partial charge in [0.15, 0.2) is 0 Å². The van der Waals surface area contributed by atoms with Crippen LogP contribution in [0.1, 0.15) is 6.92 Å². The quantitative estimate of drug-likeness (QED) is 0.356. The molecule has 2 bridgehead atoms. The van der Waals surface area contributed by atoms with Crippen molar-refractivity contribution >= 4 is 23.9 Å². The Balaban J connectivity index is 1.66. The molecular weight excluding hydrogens is 276 g/mol. The molecule has 108 valence electrons. The summed E-state index contributed by atoms with van der Waals surface area (Å²) in [6, 6.07) is 0. The van der Waals surface area contributed by atoms with Gasteiger partial charge in [-0.05, 0) is 30.6 Å². The van der Waals surface area contributed by atoms with Crippen molar-refractivity contribution in [3.8, 4) is 0 Å². The molecule has 2 heterocycles. The maximum Gasteiger partial charge on any atom is 0.318 e. The fraction of sp³-hybridized carbons (Fsp3) is 0.600. The van der Waals surface area contributed by atoms with E-state index in [1.807, 2.05) is 13.0 Å². The highest BCUT2D eigenvalue weighted by molar-refractivity contribution is 6.01. The van der Waals surface area contributed by atoms with Crippen LogP contribution in [0.5, 0.6) is 0 Å². The largest absolute Gasteiger partial charge is 0.393 e. The minimum Gasteiger partial charge on any atom is -0.393 e. The molecule has 0 unspecified atom stereocenters. The summed E-state index contributed by atoms with van der Waals surface area (Å²) in [5.41, 5.74) is 1.03. The Hall–Kier alpha value is -1.98. The number of ether oxygens (including phenoxy) is 2. The van der Waals surface area contributed by atoms with Gasteiger partial charge in [0.2, 0.25) is 0 Å². The lowest BCUT2D eigenvalue weighted by molar-refractivity contribution is -0.168. The molecule has 2 saturated heterocycles. The lowest BCUT2D eigenvalue weighted by Gasteiger charge is -2.60. The first-order valence-electron chi connectivity index (χ1n) is 7.20. The van der Waals surface area contributed by atoms with Crippen molar-refractivity contribution in [3.05, 3.63) is 11.6 Å². The lowest BCUT2D eigenvalue weighted by Crippen LogP contribution is -2.64. The van der Waals surface area contributed by atoms with Crippen LogP contribution in [0, 0.1) is 47.3 Å². The number of carbonyl (C=O) groups excluding carboxylic acids is 4. The number of hydrogen-bond acceptors (Lipinski definition) is 6. The van der Waals surface area contributed by atoms with Crippen LogP contribution in [0.2, 0.25) is 0 Å². The van der Waals surface area contributed by atoms with Crippen molar-refractivity contribution in [1.82, 2.24) is 0 Å². The molecule has 0 aromatic rings. The fourth-order valence-electron chi connectivity index (χ4n) is 5.60. The molecule has 6 rings (SSSR count). The van der Waals surface area contributed by atoms with Crippen LogP contribution in [0.15, 0.2) is 11.6 Å². The molecule has 6 heteroatoms. The number of rotatable bonds is 0. The number of cyclic esters (lactones) is 4. The van der Waals surface area contributed by atoms with Crippen molar-refractivity contribution in [3.63, 3.8) is 0 Å². The van der Waals surface area contributed by atoms with E-state index in [1.54, 1.807) is 0 Å². The van der Waals surface area contributed by atoms with Crippen LogP contribution in [0.4, 0.5) is 0 Å². The summed E-state index contributed by atoms with van der Waals surface area (Å²) >= 11 is 0. The van der Waals surface area contributed by atoms with Gasteiger partial charge < -0.3 is 9.47 Å². The number of allylic oxidation sites excluding steroid dienone is 2. The van der Waals surface area contributed by atoms with Gasteiger partial charge >= 0.3 is 23.9 Å². The first-order valence-corrected chi connectivity index (χ1v) is 7.20. The van der Waals surface area contributed by atoms with Gasteiger partial charge in [0.25, 0.3) is 0 Å². The number of hydrogen-bond donors (Lipinski definition) is 0. The van der Waals surface area contributed by atoms with Gasteiger partial charge in [-0.3, -0.25) is 19.2 Å². The minimum absolute atomic E-state index is 0.0661. The van der Waals surface area contributed by atoms with E-state index in [-0.39, 0.29) is 23.7 Å². The van der Waals surface area contributed by atoms with E-state index in [2.05, 4.69) is 0 Å². The van der Waals surface area contributed by atoms with Crippen LogP contribution in [-0.2, 0) is 28.7 Å². The second-order valence-electron chi connectivity index (χ2n) is 6.75. The number of esters is 4. The van der Waals surface area contributed by atoms with Crippen molar-refractivity contribution < 1.29 is 28.7 Å². The Kier molecular flexibility index (Phi) is 1.81. The predicted molar refractivity (Wildman–Crippen MR) is 63.9 cm³/mol. The maximum atomic E-state index is 12.0. The molecule has 2 aliphatic heterocycles. The van der Waals surface area contributed by atoms with Crippen LogP contribution in [0.3, 0.4) is 0 Å². The maximum absolute atomic E-state index is 12.0. The fourth-order valence-corrected chi connectivity index (χ4v) is 5.60. The molecule has 6 nitrogen and oxygen atoms in total. The molecule has 0 radical (unpaired) electrons. The Labute approximate surface area is 119 Å². The SMILES string of the molecule is CC1=C[C@H]2[C@@H]3C(=O)OC(=O)[C@@H]3[C@H]1[C@@H]1[C@@H]3C(=O)OC(=O)[C@H]3[C@H]21. The van der Waals surface area contributed by atoms with Crippen LogP contribution in [-0.4, -0.2) is 23.9 Å². The van der Waals surface area contributed by atoms with Crippen molar-refractivity contribution in [2.24, 2.45) is 47.3 Å². The zero-order valence-electron chi connectivity index (χ0n) is 11.1. The monoisotopic (exact) mass is 288 g/mol. The Morgan fingerprint density at radius 3 is 1.90 bits per heavy atom. The highest BCUT2D eigenvalue weighted by Crippen LogP contribution is 2.69. The van der Waals surface area contributed by atoms with E-state index in [0.717, 1.165) is 5.57 Å². The van der Waals surface area contributed by atoms with E-state index in [1.165, 1.54) is 0 Å². The van der Waals surface area contributed by atoms with Crippen molar-refractivity contribution in [2.75, 3.05) is 0 Å². The normalized spacial score (nSPS) is 52.5. The molecule has 0 aromatic heterocycles. The Morgan fingerprint density at radius 2 is 1.24 bits per heavy atom. The molecule has 0 spiro atoms. The summed E-state index contributed by atoms with van der Waals surface area (Å²) < 4.78 is 9.60. The molecule has 4 aliphatic carbocycles. The summed E-state index contributed by atoms with van der Waals surface area (Å²) in [6.45, 7) is 1.93. The average molecular weight is 288 g/mol. The molecule has 8 atom stereocenters. The van der Waals surface area contributed by atoms with Crippen LogP contribution >= 0.6 is 0 Å². The minimum atomic E-state index is -0.489. The van der Waals surface area contributed by atoms with Gasteiger partial charge in [-0.2, -0.15) is 0 Å².